The number of nitrogens with one attached hydrogen (secondary N) is 1. The second-order valence-electron chi connectivity index (χ2n) is 17.2. The van der Waals surface area contributed by atoms with E-state index in [0.717, 1.165) is 23.5 Å². The van der Waals surface area contributed by atoms with Crippen molar-refractivity contribution in [2.75, 3.05) is 7.05 Å². The third-order valence-corrected chi connectivity index (χ3v) is 11.1. The van der Waals surface area contributed by atoms with Gasteiger partial charge in [0.15, 0.2) is 0 Å². The first kappa shape index (κ1) is 59.6. The summed E-state index contributed by atoms with van der Waals surface area (Å²) in [4.78, 5) is 0. The normalized spacial score (nSPS) is 16.2. The van der Waals surface area contributed by atoms with Crippen LogP contribution in [0.2, 0.25) is 0 Å². The SMILES string of the molecule is C=C/C=C\C(=C)c1ccccc1.C=C/C=C\C=C/C.C=CC1=C(C=C)C2(c3ccccc3/C=C\C=C/C2C)c2cc(-c3cccc(-c4ccccc4)c3)ccc21.CC.CC(C)C.CC/C=C\C(C)=C/NC. The van der Waals surface area contributed by atoms with Crippen LogP contribution in [0.1, 0.15) is 96.6 Å². The molecule has 0 saturated heterocycles. The van der Waals surface area contributed by atoms with Gasteiger partial charge in [0.1, 0.15) is 0 Å². The zero-order valence-corrected chi connectivity index (χ0v) is 44.8. The molecule has 0 saturated carbocycles. The third-order valence-electron chi connectivity index (χ3n) is 11.1. The zero-order chi connectivity index (χ0) is 52.4. The zero-order valence-electron chi connectivity index (χ0n) is 44.8. The molecule has 1 N–H and O–H groups in total. The van der Waals surface area contributed by atoms with E-state index in [1.165, 1.54) is 61.2 Å². The molecule has 0 aliphatic heterocycles. The van der Waals surface area contributed by atoms with Crippen molar-refractivity contribution in [3.63, 3.8) is 0 Å². The molecule has 0 radical (unpaired) electrons. The van der Waals surface area contributed by atoms with E-state index >= 15 is 0 Å². The quantitative estimate of drug-likeness (QED) is 0.123. The number of benzene rings is 5. The Morgan fingerprint density at radius 3 is 1.85 bits per heavy atom. The summed E-state index contributed by atoms with van der Waals surface area (Å²) < 4.78 is 0. The lowest BCUT2D eigenvalue weighted by Gasteiger charge is -2.40. The van der Waals surface area contributed by atoms with Gasteiger partial charge in [0.2, 0.25) is 0 Å². The third kappa shape index (κ3) is 18.1. The fourth-order valence-corrected chi connectivity index (χ4v) is 8.12. The fourth-order valence-electron chi connectivity index (χ4n) is 8.12. The molecule has 2 unspecified atom stereocenters. The van der Waals surface area contributed by atoms with Crippen LogP contribution in [0.5, 0.6) is 0 Å². The highest BCUT2D eigenvalue weighted by atomic mass is 14.8. The van der Waals surface area contributed by atoms with E-state index in [1.54, 1.807) is 12.2 Å². The van der Waals surface area contributed by atoms with Gasteiger partial charge in [0.05, 0.1) is 5.41 Å². The summed E-state index contributed by atoms with van der Waals surface area (Å²) >= 11 is 0. The minimum Gasteiger partial charge on any atom is -0.394 e. The molecule has 0 aromatic heterocycles. The van der Waals surface area contributed by atoms with Crippen molar-refractivity contribution in [1.29, 1.82) is 0 Å². The Morgan fingerprint density at radius 1 is 0.662 bits per heavy atom. The van der Waals surface area contributed by atoms with Crippen LogP contribution in [-0.2, 0) is 5.41 Å². The van der Waals surface area contributed by atoms with E-state index in [0.29, 0.717) is 0 Å². The van der Waals surface area contributed by atoms with E-state index in [2.05, 4.69) is 219 Å². The van der Waals surface area contributed by atoms with Crippen molar-refractivity contribution in [1.82, 2.24) is 5.32 Å². The van der Waals surface area contributed by atoms with Crippen molar-refractivity contribution in [2.45, 2.75) is 74.1 Å². The van der Waals surface area contributed by atoms with E-state index in [-0.39, 0.29) is 11.3 Å². The maximum atomic E-state index is 4.31. The Morgan fingerprint density at radius 2 is 1.25 bits per heavy atom. The van der Waals surface area contributed by atoms with Crippen molar-refractivity contribution in [2.24, 2.45) is 11.8 Å². The molecule has 0 bridgehead atoms. The predicted molar refractivity (Wildman–Crippen MR) is 322 cm³/mol. The average molecular weight is 938 g/mol. The lowest BCUT2D eigenvalue weighted by Crippen LogP contribution is -2.35. The number of rotatable bonds is 12. The molecule has 368 valence electrons. The Balaban J connectivity index is 0.000000413. The van der Waals surface area contributed by atoms with Crippen molar-refractivity contribution in [3.05, 3.63) is 297 Å². The lowest BCUT2D eigenvalue weighted by molar-refractivity contribution is 0.488. The summed E-state index contributed by atoms with van der Waals surface area (Å²) in [5.41, 5.74) is 15.5. The van der Waals surface area contributed by atoms with Crippen molar-refractivity contribution < 1.29 is 0 Å². The molecule has 5 aromatic rings. The first-order valence-corrected chi connectivity index (χ1v) is 25.2. The minimum atomic E-state index is -0.356. The van der Waals surface area contributed by atoms with Crippen LogP contribution in [0, 0.1) is 11.8 Å². The van der Waals surface area contributed by atoms with Crippen LogP contribution in [0.4, 0.5) is 0 Å². The highest BCUT2D eigenvalue weighted by Crippen LogP contribution is 2.57. The van der Waals surface area contributed by atoms with Gasteiger partial charge in [0.25, 0.3) is 0 Å². The number of hydrogen-bond acceptors (Lipinski definition) is 1. The number of allylic oxidation sites excluding steroid dienone is 19. The number of fused-ring (bicyclic) bond motifs is 4. The van der Waals surface area contributed by atoms with Gasteiger partial charge in [-0.2, -0.15) is 0 Å². The Hall–Kier alpha value is -7.48. The van der Waals surface area contributed by atoms with Crippen molar-refractivity contribution >= 4 is 17.2 Å². The summed E-state index contributed by atoms with van der Waals surface area (Å²) in [6, 6.07) is 45.2. The highest BCUT2D eigenvalue weighted by Gasteiger charge is 2.48. The monoisotopic (exact) mass is 938 g/mol. The molecule has 1 heteroatoms. The van der Waals surface area contributed by atoms with Gasteiger partial charge in [-0.25, -0.2) is 0 Å². The summed E-state index contributed by atoms with van der Waals surface area (Å²) in [6.07, 6.45) is 35.4. The second kappa shape index (κ2) is 33.9. The standard InChI is InChI=1S/C37H30.C12H12.C8H15N.C7H10.C4H10.C2H6/c1-4-32-33-23-22-31(30-20-13-19-29(24-30)27-15-7-6-8-16-27)25-36(33)37(34(32)5-2)26(3)14-9-10-17-28-18-11-12-21-35(28)37;1-3-4-8-11(2)12-9-6-5-7-10-12;1-4-5-6-8(2)7-9-3;1-3-5-7-6-4-2;1-4(2)3;1-2/h4-26H,1-2H2,3H3;3-10H,1-2H2;5-7,9H,4H2,1-3H3;3-7H,1H2,2H3;4H,1-3H3;1-2H3/b14-9-,17-10-;8-4-;6-5-,8-7-;6-4-,7-5-;;. The summed E-state index contributed by atoms with van der Waals surface area (Å²) in [5.74, 6) is 1.05. The molecule has 1 nitrogen and oxygen atoms in total. The Bertz CT molecular complexity index is 2660. The van der Waals surface area contributed by atoms with Crippen LogP contribution >= 0.6 is 0 Å². The van der Waals surface area contributed by atoms with Gasteiger partial charge >= 0.3 is 0 Å². The van der Waals surface area contributed by atoms with Crippen LogP contribution < -0.4 is 5.32 Å². The van der Waals surface area contributed by atoms with Crippen LogP contribution in [0.15, 0.2) is 269 Å². The minimum absolute atomic E-state index is 0.216. The van der Waals surface area contributed by atoms with Crippen LogP contribution in [-0.4, -0.2) is 7.05 Å². The summed E-state index contributed by atoms with van der Waals surface area (Å²) in [5, 5.41) is 2.96. The lowest BCUT2D eigenvalue weighted by atomic mass is 9.62. The molecular formula is C70H83N. The van der Waals surface area contributed by atoms with E-state index in [1.807, 2.05) is 107 Å². The molecule has 0 heterocycles. The highest BCUT2D eigenvalue weighted by molar-refractivity contribution is 5.92. The van der Waals surface area contributed by atoms with E-state index in [9.17, 15) is 0 Å². The largest absolute Gasteiger partial charge is 0.394 e. The van der Waals surface area contributed by atoms with Gasteiger partial charge in [-0.15, -0.1) is 0 Å². The van der Waals surface area contributed by atoms with Crippen LogP contribution in [0.3, 0.4) is 0 Å². The maximum absolute atomic E-state index is 4.31. The predicted octanol–water partition coefficient (Wildman–Crippen LogP) is 20.2. The van der Waals surface area contributed by atoms with Crippen LogP contribution in [0.25, 0.3) is 39.5 Å². The molecule has 2 aliphatic carbocycles. The van der Waals surface area contributed by atoms with Gasteiger partial charge in [-0.05, 0) is 123 Å². The molecular weight excluding hydrogens is 855 g/mol. The fraction of sp³-hybridized carbons (Fsp3) is 0.200. The molecule has 1 spiro atoms. The molecule has 71 heavy (non-hydrogen) atoms. The first-order chi connectivity index (χ1) is 34.5. The molecule has 5 aromatic carbocycles. The van der Waals surface area contributed by atoms with Gasteiger partial charge in [-0.3, -0.25) is 0 Å². The number of hydrogen-bond donors (Lipinski definition) is 1. The Kier molecular flexibility index (Phi) is 28.5. The first-order valence-electron chi connectivity index (χ1n) is 25.2. The van der Waals surface area contributed by atoms with Crippen molar-refractivity contribution in [3.8, 4) is 22.3 Å². The average Bonchev–Trinajstić information content (AvgIpc) is 3.69. The molecule has 0 fully saturated rings. The smallest absolute Gasteiger partial charge is 0.0529 e. The second-order valence-corrected chi connectivity index (χ2v) is 17.2. The molecule has 7 rings (SSSR count). The van der Waals surface area contributed by atoms with Gasteiger partial charge in [-0.1, -0.05) is 294 Å². The van der Waals surface area contributed by atoms with Gasteiger partial charge in [0, 0.05) is 7.05 Å². The Labute approximate surface area is 432 Å². The molecule has 0 amide bonds. The molecule has 2 aliphatic rings. The summed E-state index contributed by atoms with van der Waals surface area (Å²) in [7, 11) is 1.91. The van der Waals surface area contributed by atoms with E-state index < -0.39 is 0 Å². The van der Waals surface area contributed by atoms with Gasteiger partial charge < -0.3 is 5.32 Å². The molecule has 2 atom stereocenters. The maximum Gasteiger partial charge on any atom is 0.0529 e. The summed E-state index contributed by atoms with van der Waals surface area (Å²) in [6.45, 7) is 38.6. The van der Waals surface area contributed by atoms with E-state index in [4.69, 9.17) is 0 Å². The topological polar surface area (TPSA) is 12.0 Å².